The highest BCUT2D eigenvalue weighted by molar-refractivity contribution is 7.07. The highest BCUT2D eigenvalue weighted by Gasteiger charge is 2.31. The van der Waals surface area contributed by atoms with Crippen molar-refractivity contribution in [1.29, 1.82) is 0 Å². The number of halogens is 3. The van der Waals surface area contributed by atoms with E-state index in [-0.39, 0.29) is 17.2 Å². The van der Waals surface area contributed by atoms with Gasteiger partial charge in [-0.1, -0.05) is 70.2 Å². The Labute approximate surface area is 269 Å². The monoisotopic (exact) mass is 648 g/mol. The van der Waals surface area contributed by atoms with Crippen molar-refractivity contribution >= 4 is 17.4 Å². The van der Waals surface area contributed by atoms with Crippen LogP contribution in [-0.4, -0.2) is 38.3 Å². The Balaban J connectivity index is 1.21. The second-order valence-electron chi connectivity index (χ2n) is 12.1. The van der Waals surface area contributed by atoms with Gasteiger partial charge in [-0.3, -0.25) is 4.57 Å². The number of hydrogen-bond donors (Lipinski definition) is 1. The van der Waals surface area contributed by atoms with Crippen LogP contribution in [0.3, 0.4) is 0 Å². The molecule has 5 rings (SSSR count). The summed E-state index contributed by atoms with van der Waals surface area (Å²) in [7, 11) is 0. The lowest BCUT2D eigenvalue weighted by Gasteiger charge is -2.24. The third-order valence-electron chi connectivity index (χ3n) is 7.32. The Kier molecular flexibility index (Phi) is 9.47. The molecule has 0 aliphatic carbocycles. The van der Waals surface area contributed by atoms with Crippen molar-refractivity contribution in [2.45, 2.75) is 53.3 Å². The molecule has 0 atom stereocenters. The lowest BCUT2D eigenvalue weighted by molar-refractivity contribution is -0.274. The molecule has 12 heteroatoms. The van der Waals surface area contributed by atoms with E-state index >= 15 is 0 Å². The van der Waals surface area contributed by atoms with Crippen molar-refractivity contribution in [3.8, 4) is 28.5 Å². The first-order valence-corrected chi connectivity index (χ1v) is 15.6. The molecule has 2 aromatic heterocycles. The Bertz CT molecular complexity index is 1870. The molecule has 8 nitrogen and oxygen atoms in total. The van der Waals surface area contributed by atoms with Crippen molar-refractivity contribution in [2.24, 2.45) is 10.4 Å². The van der Waals surface area contributed by atoms with Crippen molar-refractivity contribution in [2.75, 3.05) is 6.54 Å². The number of aryl methyl sites for hydroxylation is 1. The van der Waals surface area contributed by atoms with Gasteiger partial charge in [0, 0.05) is 23.2 Å². The number of urea groups is 1. The van der Waals surface area contributed by atoms with E-state index in [1.807, 2.05) is 53.3 Å². The summed E-state index contributed by atoms with van der Waals surface area (Å²) in [5, 5.41) is 9.46. The molecule has 2 amide bonds. The second-order valence-corrected chi connectivity index (χ2v) is 12.9. The molecule has 0 radical (unpaired) electrons. The standard InChI is InChI=1S/C34H35F3N6O2S/c1-22(2)28-8-6-7-9-29(28)43-23(3)19-46-32(43)40-31(44)38-20-33(4,5)18-24-10-12-25(13-11-24)30-39-21-42(41-30)26-14-16-27(17-15-26)45-34(35,36)37/h6-17,19,21-22H,18,20H2,1-5H3,(H,38,44). The minimum Gasteiger partial charge on any atom is -0.406 e. The number of carbonyl (C=O) groups is 1. The molecule has 240 valence electrons. The van der Waals surface area contributed by atoms with Crippen LogP contribution in [-0.2, 0) is 6.42 Å². The van der Waals surface area contributed by atoms with E-state index in [0.29, 0.717) is 35.2 Å². The van der Waals surface area contributed by atoms with Crippen molar-refractivity contribution in [3.63, 3.8) is 0 Å². The number of aromatic nitrogens is 4. The minimum atomic E-state index is -4.75. The van der Waals surface area contributed by atoms with Gasteiger partial charge < -0.3 is 10.1 Å². The van der Waals surface area contributed by atoms with Crippen LogP contribution in [0.5, 0.6) is 5.75 Å². The predicted molar refractivity (Wildman–Crippen MR) is 172 cm³/mol. The fourth-order valence-corrected chi connectivity index (χ4v) is 5.96. The van der Waals surface area contributed by atoms with E-state index < -0.39 is 6.36 Å². The number of hydrogen-bond acceptors (Lipinski definition) is 5. The Hall–Kier alpha value is -4.71. The fourth-order valence-electron chi connectivity index (χ4n) is 5.09. The first-order chi connectivity index (χ1) is 21.8. The third kappa shape index (κ3) is 8.11. The van der Waals surface area contributed by atoms with Gasteiger partial charge in [-0.15, -0.1) is 29.6 Å². The number of rotatable bonds is 9. The highest BCUT2D eigenvalue weighted by Crippen LogP contribution is 2.26. The number of carbonyl (C=O) groups excluding carboxylic acids is 1. The van der Waals surface area contributed by atoms with E-state index in [4.69, 9.17) is 0 Å². The highest BCUT2D eigenvalue weighted by atomic mass is 32.1. The van der Waals surface area contributed by atoms with Gasteiger partial charge in [-0.2, -0.15) is 4.99 Å². The molecule has 0 aliphatic rings. The number of ether oxygens (including phenoxy) is 1. The number of thiazole rings is 1. The average Bonchev–Trinajstić information content (AvgIpc) is 3.63. The van der Waals surface area contributed by atoms with Gasteiger partial charge in [-0.05, 0) is 66.1 Å². The molecule has 5 aromatic rings. The van der Waals surface area contributed by atoms with Gasteiger partial charge in [0.15, 0.2) is 10.6 Å². The molecule has 3 aromatic carbocycles. The van der Waals surface area contributed by atoms with Crippen LogP contribution in [0, 0.1) is 12.3 Å². The van der Waals surface area contributed by atoms with Gasteiger partial charge in [0.25, 0.3) is 0 Å². The molecule has 0 unspecified atom stereocenters. The van der Waals surface area contributed by atoms with Crippen LogP contribution in [0.1, 0.15) is 50.4 Å². The quantitative estimate of drug-likeness (QED) is 0.176. The van der Waals surface area contributed by atoms with E-state index in [9.17, 15) is 18.0 Å². The van der Waals surface area contributed by atoms with Gasteiger partial charge >= 0.3 is 12.4 Å². The number of nitrogens with one attached hydrogen (secondary N) is 1. The molecule has 0 bridgehead atoms. The summed E-state index contributed by atoms with van der Waals surface area (Å²) in [6, 6.07) is 21.0. The number of nitrogens with zero attached hydrogens (tertiary/aromatic N) is 5. The Morgan fingerprint density at radius 2 is 1.72 bits per heavy atom. The average molecular weight is 649 g/mol. The van der Waals surface area contributed by atoms with Crippen LogP contribution in [0.2, 0.25) is 0 Å². The van der Waals surface area contributed by atoms with Crippen LogP contribution < -0.4 is 14.9 Å². The topological polar surface area (TPSA) is 86.3 Å². The van der Waals surface area contributed by atoms with Crippen molar-refractivity contribution in [3.05, 3.63) is 106 Å². The zero-order valence-corrected chi connectivity index (χ0v) is 27.0. The van der Waals surface area contributed by atoms with Gasteiger partial charge in [0.1, 0.15) is 12.1 Å². The fraction of sp³-hybridized carbons (Fsp3) is 0.294. The van der Waals surface area contributed by atoms with Gasteiger partial charge in [0.05, 0.1) is 11.4 Å². The van der Waals surface area contributed by atoms with Crippen molar-refractivity contribution < 1.29 is 22.7 Å². The lowest BCUT2D eigenvalue weighted by Crippen LogP contribution is -2.35. The molecular formula is C34H35F3N6O2S. The molecule has 0 spiro atoms. The number of para-hydroxylation sites is 1. The molecule has 0 saturated carbocycles. The summed E-state index contributed by atoms with van der Waals surface area (Å²) in [5.41, 5.74) is 5.41. The second kappa shape index (κ2) is 13.3. The predicted octanol–water partition coefficient (Wildman–Crippen LogP) is 8.00. The molecule has 0 saturated heterocycles. The maximum Gasteiger partial charge on any atom is 0.573 e. The first-order valence-electron chi connectivity index (χ1n) is 14.7. The molecule has 0 fully saturated rings. The molecule has 0 aliphatic heterocycles. The van der Waals surface area contributed by atoms with Crippen molar-refractivity contribution in [1.82, 2.24) is 24.6 Å². The van der Waals surface area contributed by atoms with Crippen LogP contribution in [0.25, 0.3) is 22.8 Å². The molecule has 46 heavy (non-hydrogen) atoms. The lowest BCUT2D eigenvalue weighted by atomic mass is 9.85. The van der Waals surface area contributed by atoms with E-state index in [0.717, 1.165) is 22.5 Å². The van der Waals surface area contributed by atoms with Crippen LogP contribution >= 0.6 is 11.3 Å². The summed E-state index contributed by atoms with van der Waals surface area (Å²) >= 11 is 1.44. The molecule has 2 heterocycles. The Morgan fingerprint density at radius 3 is 2.39 bits per heavy atom. The molecular weight excluding hydrogens is 613 g/mol. The Morgan fingerprint density at radius 1 is 1.02 bits per heavy atom. The normalized spacial score (nSPS) is 12.5. The SMILES string of the molecule is Cc1csc(=NC(=O)NCC(C)(C)Cc2ccc(-c3ncn(-c4ccc(OC(F)(F)F)cc4)n3)cc2)n1-c1ccccc1C(C)C. The summed E-state index contributed by atoms with van der Waals surface area (Å²) < 4.78 is 44.8. The molecule has 1 N–H and O–H groups in total. The number of alkyl halides is 3. The third-order valence-corrected chi connectivity index (χ3v) is 8.26. The van der Waals surface area contributed by atoms with Gasteiger partial charge in [0.2, 0.25) is 0 Å². The first kappa shape index (κ1) is 32.7. The number of amides is 2. The maximum atomic E-state index is 12.9. The van der Waals surface area contributed by atoms with Gasteiger partial charge in [-0.25, -0.2) is 14.5 Å². The summed E-state index contributed by atoms with van der Waals surface area (Å²) in [4.78, 5) is 22.3. The van der Waals surface area contributed by atoms with Crippen LogP contribution in [0.4, 0.5) is 18.0 Å². The zero-order chi connectivity index (χ0) is 33.1. The number of benzene rings is 3. The minimum absolute atomic E-state index is 0.250. The summed E-state index contributed by atoms with van der Waals surface area (Å²) in [6.07, 6.45) is -2.54. The summed E-state index contributed by atoms with van der Waals surface area (Å²) in [5.74, 6) is 0.495. The maximum absolute atomic E-state index is 12.9. The van der Waals surface area contributed by atoms with Crippen LogP contribution in [0.15, 0.2) is 89.5 Å². The summed E-state index contributed by atoms with van der Waals surface area (Å²) in [6.45, 7) is 10.9. The smallest absolute Gasteiger partial charge is 0.406 e. The van der Waals surface area contributed by atoms with E-state index in [1.165, 1.54) is 52.2 Å². The largest absolute Gasteiger partial charge is 0.573 e. The van der Waals surface area contributed by atoms with E-state index in [1.54, 1.807) is 0 Å². The zero-order valence-electron chi connectivity index (χ0n) is 26.2. The van der Waals surface area contributed by atoms with E-state index in [2.05, 4.69) is 65.0 Å².